The Labute approximate surface area is 184 Å². The number of carbonyl (C=O) groups excluding carboxylic acids is 4. The van der Waals surface area contributed by atoms with Crippen molar-refractivity contribution < 1.29 is 36.2 Å². The van der Waals surface area contributed by atoms with E-state index in [1.54, 1.807) is 0 Å². The molecule has 0 saturated heterocycles. The van der Waals surface area contributed by atoms with Gasteiger partial charge in [-0.05, 0) is 0 Å². The second-order valence-corrected chi connectivity index (χ2v) is 10.7. The molecule has 0 bridgehead atoms. The van der Waals surface area contributed by atoms with Crippen LogP contribution in [-0.4, -0.2) is 47.4 Å². The van der Waals surface area contributed by atoms with Gasteiger partial charge < -0.3 is 19.2 Å². The van der Waals surface area contributed by atoms with E-state index in [-0.39, 0.29) is 17.1 Å². The molecule has 0 spiro atoms. The Hall–Kier alpha value is -2.32. The molecular weight excluding hydrogens is 506 g/mol. The van der Waals surface area contributed by atoms with Crippen LogP contribution in [0.2, 0.25) is 0 Å². The van der Waals surface area contributed by atoms with E-state index in [4.69, 9.17) is 19.2 Å². The zero-order chi connectivity index (χ0) is 20.9. The zero-order valence-electron chi connectivity index (χ0n) is 15.4. The Morgan fingerprint density at radius 1 is 0.393 bits per heavy atom. The maximum atomic E-state index is 8.00. The molecule has 0 heterocycles. The molecule has 6 heteroatoms. The van der Waals surface area contributed by atoms with Gasteiger partial charge in [0.25, 0.3) is 0 Å². The standard InChI is InChI=1S/3C6H5.4CH2O.Fe.Sb/c3*1-2-4-6-5-3-1;4*1-2;;/h3*1-5H;4*1H2;;. The average Bonchev–Trinajstić information content (AvgIpc) is 2.82. The van der Waals surface area contributed by atoms with E-state index in [1.165, 1.54) is 10.5 Å². The third-order valence-electron chi connectivity index (χ3n) is 3.04. The summed E-state index contributed by atoms with van der Waals surface area (Å²) in [6.45, 7) is 8.00. The molecule has 148 valence electrons. The fourth-order valence-electron chi connectivity index (χ4n) is 2.18. The van der Waals surface area contributed by atoms with Gasteiger partial charge in [0.1, 0.15) is 27.2 Å². The summed E-state index contributed by atoms with van der Waals surface area (Å²) in [6, 6.07) is 32.9. The predicted octanol–water partition coefficient (Wildman–Crippen LogP) is 1.46. The summed E-state index contributed by atoms with van der Waals surface area (Å²) in [4.78, 5) is 32.0. The second kappa shape index (κ2) is 22.7. The van der Waals surface area contributed by atoms with Crippen molar-refractivity contribution in [2.24, 2.45) is 0 Å². The molecule has 0 aromatic heterocycles. The summed E-state index contributed by atoms with van der Waals surface area (Å²) in [5.74, 6) is 0. The second-order valence-electron chi connectivity index (χ2n) is 4.34. The van der Waals surface area contributed by atoms with Crippen LogP contribution in [0.4, 0.5) is 0 Å². The van der Waals surface area contributed by atoms with Gasteiger partial charge >= 0.3 is 122 Å². The molecule has 0 aliphatic heterocycles. The van der Waals surface area contributed by atoms with Gasteiger partial charge in [-0.15, -0.1) is 0 Å². The molecule has 0 radical (unpaired) electrons. The predicted molar refractivity (Wildman–Crippen MR) is 112 cm³/mol. The molecule has 0 N–H and O–H groups in total. The van der Waals surface area contributed by atoms with Crippen molar-refractivity contribution in [1.82, 2.24) is 0 Å². The van der Waals surface area contributed by atoms with Gasteiger partial charge in [0, 0.05) is 17.1 Å². The minimum absolute atomic E-state index is 0. The third-order valence-corrected chi connectivity index (χ3v) is 10.0. The fourth-order valence-corrected chi connectivity index (χ4v) is 8.76. The summed E-state index contributed by atoms with van der Waals surface area (Å²) in [5.41, 5.74) is 0. The number of carbonyl (C=O) groups is 4. The summed E-state index contributed by atoms with van der Waals surface area (Å²) in [5, 5.41) is 0. The molecular formula is C22H23FeO4Sb. The molecule has 0 saturated carbocycles. The molecule has 3 aromatic rings. The van der Waals surface area contributed by atoms with Gasteiger partial charge in [0.15, 0.2) is 0 Å². The van der Waals surface area contributed by atoms with Crippen molar-refractivity contribution in [2.75, 3.05) is 0 Å². The first-order valence-corrected chi connectivity index (χ1v) is 11.4. The molecule has 4 nitrogen and oxygen atoms in total. The van der Waals surface area contributed by atoms with Crippen molar-refractivity contribution in [2.45, 2.75) is 0 Å². The van der Waals surface area contributed by atoms with E-state index in [1.807, 2.05) is 27.2 Å². The first-order chi connectivity index (χ1) is 13.4. The van der Waals surface area contributed by atoms with Crippen LogP contribution in [0.1, 0.15) is 0 Å². The normalized spacial score (nSPS) is 7.75. The Morgan fingerprint density at radius 3 is 0.750 bits per heavy atom. The maximum absolute atomic E-state index is 8.00. The topological polar surface area (TPSA) is 68.3 Å². The summed E-state index contributed by atoms with van der Waals surface area (Å²) < 4.78 is 4.55. The van der Waals surface area contributed by atoms with Crippen molar-refractivity contribution in [3.63, 3.8) is 0 Å². The molecule has 0 fully saturated rings. The van der Waals surface area contributed by atoms with E-state index in [9.17, 15) is 0 Å². The number of benzene rings is 3. The van der Waals surface area contributed by atoms with Crippen LogP contribution >= 0.6 is 0 Å². The molecule has 0 unspecified atom stereocenters. The minimum atomic E-state index is -1.83. The van der Waals surface area contributed by atoms with Crippen LogP contribution in [0.15, 0.2) is 91.0 Å². The zero-order valence-corrected chi connectivity index (χ0v) is 19.1. The fraction of sp³-hybridized carbons (Fsp3) is 0. The van der Waals surface area contributed by atoms with E-state index in [0.29, 0.717) is 0 Å². The van der Waals surface area contributed by atoms with Gasteiger partial charge in [-0.1, -0.05) is 0 Å². The summed E-state index contributed by atoms with van der Waals surface area (Å²) in [7, 11) is 0. The van der Waals surface area contributed by atoms with Crippen molar-refractivity contribution in [3.05, 3.63) is 91.0 Å². The SMILES string of the molecule is C=O.C=O.C=O.C=O.[Fe].c1cc[c]([Sb]([c]2ccccc2)[c]2ccccc2)cc1. The quantitative estimate of drug-likeness (QED) is 0.483. The Kier molecular flexibility index (Phi) is 24.7. The molecule has 3 rings (SSSR count). The van der Waals surface area contributed by atoms with Crippen molar-refractivity contribution >= 4 is 57.9 Å². The van der Waals surface area contributed by atoms with Gasteiger partial charge in [0.05, 0.1) is 0 Å². The van der Waals surface area contributed by atoms with E-state index < -0.39 is 20.2 Å². The van der Waals surface area contributed by atoms with Gasteiger partial charge in [0.2, 0.25) is 0 Å². The van der Waals surface area contributed by atoms with Crippen LogP contribution in [0.3, 0.4) is 0 Å². The van der Waals surface area contributed by atoms with Crippen LogP contribution in [-0.2, 0) is 36.2 Å². The number of hydrogen-bond acceptors (Lipinski definition) is 4. The van der Waals surface area contributed by atoms with Gasteiger partial charge in [-0.2, -0.15) is 0 Å². The Morgan fingerprint density at radius 2 is 0.571 bits per heavy atom. The van der Waals surface area contributed by atoms with Crippen LogP contribution < -0.4 is 10.5 Å². The van der Waals surface area contributed by atoms with Crippen molar-refractivity contribution in [1.29, 1.82) is 0 Å². The summed E-state index contributed by atoms with van der Waals surface area (Å²) in [6.07, 6.45) is 0. The van der Waals surface area contributed by atoms with E-state index in [0.717, 1.165) is 0 Å². The Bertz CT molecular complexity index is 598. The van der Waals surface area contributed by atoms with Crippen LogP contribution in [0, 0.1) is 0 Å². The van der Waals surface area contributed by atoms with E-state index in [2.05, 4.69) is 91.0 Å². The number of hydrogen-bond donors (Lipinski definition) is 0. The molecule has 0 aliphatic carbocycles. The van der Waals surface area contributed by atoms with Crippen LogP contribution in [0.25, 0.3) is 0 Å². The summed E-state index contributed by atoms with van der Waals surface area (Å²) >= 11 is -1.83. The average molecular weight is 529 g/mol. The molecule has 28 heavy (non-hydrogen) atoms. The number of rotatable bonds is 3. The Balaban J connectivity index is -0.000000622. The van der Waals surface area contributed by atoms with Crippen LogP contribution in [0.5, 0.6) is 0 Å². The van der Waals surface area contributed by atoms with E-state index >= 15 is 0 Å². The third kappa shape index (κ3) is 10.7. The molecule has 0 amide bonds. The van der Waals surface area contributed by atoms with Crippen molar-refractivity contribution in [3.8, 4) is 0 Å². The monoisotopic (exact) mass is 528 g/mol. The first-order valence-electron chi connectivity index (χ1n) is 7.56. The molecule has 3 aromatic carbocycles. The molecule has 0 atom stereocenters. The van der Waals surface area contributed by atoms with Gasteiger partial charge in [-0.25, -0.2) is 0 Å². The molecule has 0 aliphatic rings. The first kappa shape index (κ1) is 30.4. The van der Waals surface area contributed by atoms with Gasteiger partial charge in [-0.3, -0.25) is 0 Å².